The molecule has 3 aromatic rings. The zero-order valence-corrected chi connectivity index (χ0v) is 20.8. The van der Waals surface area contributed by atoms with E-state index in [0.717, 1.165) is 5.56 Å². The number of nitrogens with zero attached hydrogens (tertiary/aromatic N) is 3. The van der Waals surface area contributed by atoms with Gasteiger partial charge in [0.25, 0.3) is 5.91 Å². The number of hydrogen-bond acceptors (Lipinski definition) is 5. The van der Waals surface area contributed by atoms with Gasteiger partial charge in [0.2, 0.25) is 5.88 Å². The van der Waals surface area contributed by atoms with Crippen LogP contribution in [-0.2, 0) is 11.0 Å². The van der Waals surface area contributed by atoms with Crippen LogP contribution in [0.3, 0.4) is 0 Å². The number of aryl methyl sites for hydroxylation is 1. The predicted octanol–water partition coefficient (Wildman–Crippen LogP) is 4.74. The Labute approximate surface area is 201 Å². The van der Waals surface area contributed by atoms with Crippen LogP contribution in [0.1, 0.15) is 43.6 Å². The first-order valence-electron chi connectivity index (χ1n) is 10.7. The molecule has 1 unspecified atom stereocenters. The van der Waals surface area contributed by atoms with Gasteiger partial charge in [-0.15, -0.1) is 5.10 Å². The molecule has 1 aliphatic carbocycles. The number of carbonyl (C=O) groups is 1. The van der Waals surface area contributed by atoms with Gasteiger partial charge in [0.15, 0.2) is 16.8 Å². The SMILES string of the molecule is Cc1ccccc1S(=O)NC(=O)c1ccc(-n2ccc(OCC3C(C)(C)C3(C)C)n2)nc1Cl. The summed E-state index contributed by atoms with van der Waals surface area (Å²) >= 11 is 6.27. The predicted molar refractivity (Wildman–Crippen MR) is 128 cm³/mol. The molecule has 1 fully saturated rings. The molecule has 174 valence electrons. The maximum Gasteiger partial charge on any atom is 0.266 e. The van der Waals surface area contributed by atoms with E-state index in [9.17, 15) is 9.00 Å². The van der Waals surface area contributed by atoms with Crippen LogP contribution >= 0.6 is 11.6 Å². The Morgan fingerprint density at radius 3 is 2.48 bits per heavy atom. The molecule has 0 radical (unpaired) electrons. The van der Waals surface area contributed by atoms with Gasteiger partial charge in [0.1, 0.15) is 5.15 Å². The van der Waals surface area contributed by atoms with Crippen molar-refractivity contribution in [3.8, 4) is 11.7 Å². The van der Waals surface area contributed by atoms with Crippen molar-refractivity contribution in [1.29, 1.82) is 0 Å². The molecule has 1 saturated carbocycles. The molecule has 1 aromatic carbocycles. The molecule has 0 aliphatic heterocycles. The van der Waals surface area contributed by atoms with Gasteiger partial charge in [0.05, 0.1) is 17.1 Å². The first-order chi connectivity index (χ1) is 15.5. The lowest BCUT2D eigenvalue weighted by atomic mass is 10.0. The normalized spacial score (nSPS) is 17.4. The van der Waals surface area contributed by atoms with Crippen LogP contribution < -0.4 is 9.46 Å². The summed E-state index contributed by atoms with van der Waals surface area (Å²) in [6, 6.07) is 12.1. The Kier molecular flexibility index (Phi) is 6.09. The number of halogens is 1. The lowest BCUT2D eigenvalue weighted by Gasteiger charge is -2.09. The number of aromatic nitrogens is 3. The van der Waals surface area contributed by atoms with Gasteiger partial charge in [-0.1, -0.05) is 57.5 Å². The van der Waals surface area contributed by atoms with E-state index in [1.165, 1.54) is 10.7 Å². The molecule has 0 saturated heterocycles. The van der Waals surface area contributed by atoms with E-state index in [4.69, 9.17) is 16.3 Å². The smallest absolute Gasteiger partial charge is 0.266 e. The molecule has 2 heterocycles. The van der Waals surface area contributed by atoms with Gasteiger partial charge in [-0.3, -0.25) is 9.52 Å². The highest BCUT2D eigenvalue weighted by molar-refractivity contribution is 7.83. The molecule has 0 spiro atoms. The number of hydrogen-bond donors (Lipinski definition) is 1. The average molecular weight is 487 g/mol. The Hall–Kier alpha value is -2.71. The molecular weight excluding hydrogens is 460 g/mol. The van der Waals surface area contributed by atoms with Crippen molar-refractivity contribution in [3.05, 3.63) is 64.9 Å². The number of pyridine rings is 1. The third-order valence-corrected chi connectivity index (χ3v) is 8.59. The van der Waals surface area contributed by atoms with Gasteiger partial charge in [0, 0.05) is 18.2 Å². The standard InChI is InChI=1S/C24H27ClN4O3S/c1-15-8-6-7-9-17(15)33(31)28-22(30)16-10-11-19(26-21(16)25)29-13-12-20(27-29)32-14-18-23(2,3)24(18,4)5/h6-13,18H,14H2,1-5H3,(H,28,30). The number of benzene rings is 1. The topological polar surface area (TPSA) is 86.1 Å². The summed E-state index contributed by atoms with van der Waals surface area (Å²) in [7, 11) is -1.70. The molecule has 1 atom stereocenters. The minimum Gasteiger partial charge on any atom is -0.476 e. The summed E-state index contributed by atoms with van der Waals surface area (Å²) in [5.74, 6) is 0.839. The van der Waals surface area contributed by atoms with Crippen molar-refractivity contribution >= 4 is 28.5 Å². The number of nitrogens with one attached hydrogen (secondary N) is 1. The summed E-state index contributed by atoms with van der Waals surface area (Å²) in [5.41, 5.74) is 1.43. The maximum absolute atomic E-state index is 12.6. The summed E-state index contributed by atoms with van der Waals surface area (Å²) in [5, 5.41) is 4.41. The van der Waals surface area contributed by atoms with Crippen LogP contribution in [0.2, 0.25) is 5.15 Å². The number of ether oxygens (including phenoxy) is 1. The molecule has 7 nitrogen and oxygen atoms in total. The largest absolute Gasteiger partial charge is 0.476 e. The number of carbonyl (C=O) groups excluding carboxylic acids is 1. The molecule has 9 heteroatoms. The van der Waals surface area contributed by atoms with Gasteiger partial charge < -0.3 is 4.74 Å². The Morgan fingerprint density at radius 2 is 1.85 bits per heavy atom. The van der Waals surface area contributed by atoms with E-state index in [0.29, 0.717) is 29.1 Å². The highest BCUT2D eigenvalue weighted by atomic mass is 35.5. The average Bonchev–Trinajstić information content (AvgIpc) is 3.06. The van der Waals surface area contributed by atoms with Crippen LogP contribution in [0.15, 0.2) is 53.6 Å². The van der Waals surface area contributed by atoms with E-state index in [1.807, 2.05) is 19.1 Å². The Morgan fingerprint density at radius 1 is 1.15 bits per heavy atom. The molecule has 0 bridgehead atoms. The molecular formula is C24H27ClN4O3S. The maximum atomic E-state index is 12.6. The van der Waals surface area contributed by atoms with Crippen LogP contribution in [0.25, 0.3) is 5.82 Å². The van der Waals surface area contributed by atoms with E-state index in [2.05, 4.69) is 42.5 Å². The van der Waals surface area contributed by atoms with Crippen molar-refractivity contribution in [3.63, 3.8) is 0 Å². The Balaban J connectivity index is 1.42. The fourth-order valence-electron chi connectivity index (χ4n) is 4.11. The minimum atomic E-state index is -1.70. The van der Waals surface area contributed by atoms with Gasteiger partial charge in [-0.25, -0.2) is 13.9 Å². The zero-order valence-electron chi connectivity index (χ0n) is 19.3. The van der Waals surface area contributed by atoms with Crippen molar-refractivity contribution < 1.29 is 13.7 Å². The van der Waals surface area contributed by atoms with Crippen molar-refractivity contribution in [2.24, 2.45) is 16.7 Å². The third kappa shape index (κ3) is 4.42. The lowest BCUT2D eigenvalue weighted by Crippen LogP contribution is -2.26. The summed E-state index contributed by atoms with van der Waals surface area (Å²) < 4.78 is 22.4. The first-order valence-corrected chi connectivity index (χ1v) is 12.2. The minimum absolute atomic E-state index is 0.00812. The van der Waals surface area contributed by atoms with Gasteiger partial charge in [-0.2, -0.15) is 0 Å². The lowest BCUT2D eigenvalue weighted by molar-refractivity contribution is 0.0982. The fraction of sp³-hybridized carbons (Fsp3) is 0.375. The summed E-state index contributed by atoms with van der Waals surface area (Å²) in [6.45, 7) is 11.4. The van der Waals surface area contributed by atoms with E-state index < -0.39 is 16.9 Å². The van der Waals surface area contributed by atoms with Crippen LogP contribution in [0, 0.1) is 23.7 Å². The highest BCUT2D eigenvalue weighted by Gasteiger charge is 2.64. The number of amides is 1. The molecule has 1 N–H and O–H groups in total. The molecule has 33 heavy (non-hydrogen) atoms. The second-order valence-corrected chi connectivity index (χ2v) is 10.9. The summed E-state index contributed by atoms with van der Waals surface area (Å²) in [4.78, 5) is 17.4. The van der Waals surface area contributed by atoms with Crippen LogP contribution in [-0.4, -0.2) is 31.5 Å². The van der Waals surface area contributed by atoms with Crippen LogP contribution in [0.5, 0.6) is 5.88 Å². The second kappa shape index (κ2) is 8.57. The van der Waals surface area contributed by atoms with Crippen molar-refractivity contribution in [1.82, 2.24) is 19.5 Å². The van der Waals surface area contributed by atoms with Gasteiger partial charge >= 0.3 is 0 Å². The second-order valence-electron chi connectivity index (χ2n) is 9.38. The van der Waals surface area contributed by atoms with E-state index in [1.54, 1.807) is 30.5 Å². The molecule has 4 rings (SSSR count). The van der Waals surface area contributed by atoms with E-state index in [-0.39, 0.29) is 21.5 Å². The zero-order chi connectivity index (χ0) is 24.0. The summed E-state index contributed by atoms with van der Waals surface area (Å²) in [6.07, 6.45) is 1.73. The van der Waals surface area contributed by atoms with Crippen molar-refractivity contribution in [2.45, 2.75) is 39.5 Å². The quantitative estimate of drug-likeness (QED) is 0.487. The fourth-order valence-corrected chi connectivity index (χ4v) is 5.30. The Bertz CT molecular complexity index is 1220. The first kappa shape index (κ1) is 23.4. The molecule has 1 aliphatic rings. The monoisotopic (exact) mass is 486 g/mol. The number of rotatable bonds is 7. The van der Waals surface area contributed by atoms with Crippen molar-refractivity contribution in [2.75, 3.05) is 6.61 Å². The van der Waals surface area contributed by atoms with Gasteiger partial charge in [-0.05, 0) is 41.5 Å². The molecule has 2 aromatic heterocycles. The van der Waals surface area contributed by atoms with Crippen LogP contribution in [0.4, 0.5) is 0 Å². The third-order valence-electron chi connectivity index (χ3n) is 7.07. The molecule has 1 amide bonds. The van der Waals surface area contributed by atoms with E-state index >= 15 is 0 Å². The highest BCUT2D eigenvalue weighted by Crippen LogP contribution is 2.68.